The van der Waals surface area contributed by atoms with Gasteiger partial charge in [-0.05, 0) is 39.0 Å². The largest absolute Gasteiger partial charge is 0.519 e. The molecule has 0 saturated heterocycles. The lowest BCUT2D eigenvalue weighted by Crippen LogP contribution is -2.53. The fourth-order valence-electron chi connectivity index (χ4n) is 2.08. The molecule has 1 atom stereocenters. The molecule has 0 rings (SSSR count). The lowest BCUT2D eigenvalue weighted by Gasteiger charge is -2.29. The molecule has 0 bridgehead atoms. The standard InChI is InChI=1S/C15H38N2O2Si3/c1-20(2,3)16-13-11-10-12-14(17-21(4,5)6)15(18)19-22(7,8)9/h14,16-17H,10-13H2,1-9H3/t14-/m0/s1. The average Bonchev–Trinajstić information content (AvgIpc) is 2.21. The van der Waals surface area contributed by atoms with Gasteiger partial charge in [-0.25, -0.2) is 0 Å². The smallest absolute Gasteiger partial charge is 0.309 e. The van der Waals surface area contributed by atoms with E-state index in [0.717, 1.165) is 25.8 Å². The van der Waals surface area contributed by atoms with Crippen molar-refractivity contribution in [2.75, 3.05) is 6.54 Å². The lowest BCUT2D eigenvalue weighted by molar-refractivity contribution is -0.137. The fraction of sp³-hybridized carbons (Fsp3) is 0.933. The maximum Gasteiger partial charge on any atom is 0.309 e. The van der Waals surface area contributed by atoms with Crippen LogP contribution in [0.25, 0.3) is 0 Å². The Morgan fingerprint density at radius 2 is 1.45 bits per heavy atom. The van der Waals surface area contributed by atoms with E-state index in [1.165, 1.54) is 0 Å². The first-order chi connectivity index (χ1) is 9.70. The highest BCUT2D eigenvalue weighted by Crippen LogP contribution is 2.11. The van der Waals surface area contributed by atoms with Crippen LogP contribution in [0, 0.1) is 0 Å². The molecule has 0 saturated carbocycles. The highest BCUT2D eigenvalue weighted by Gasteiger charge is 2.29. The van der Waals surface area contributed by atoms with Crippen LogP contribution >= 0.6 is 0 Å². The van der Waals surface area contributed by atoms with Crippen LogP contribution in [0.2, 0.25) is 58.9 Å². The molecular formula is C15H38N2O2Si3. The second kappa shape index (κ2) is 8.77. The normalized spacial score (nSPS) is 14.8. The van der Waals surface area contributed by atoms with Gasteiger partial charge in [0.2, 0.25) is 8.32 Å². The maximum absolute atomic E-state index is 12.4. The lowest BCUT2D eigenvalue weighted by atomic mass is 10.1. The first kappa shape index (κ1) is 22.0. The van der Waals surface area contributed by atoms with Crippen molar-refractivity contribution in [3.8, 4) is 0 Å². The third-order valence-electron chi connectivity index (χ3n) is 2.87. The Morgan fingerprint density at radius 1 is 0.909 bits per heavy atom. The van der Waals surface area contributed by atoms with Crippen LogP contribution in [-0.2, 0) is 9.22 Å². The Kier molecular flexibility index (Phi) is 8.79. The first-order valence-corrected chi connectivity index (χ1v) is 18.9. The molecule has 0 aliphatic rings. The molecule has 0 aromatic carbocycles. The van der Waals surface area contributed by atoms with E-state index in [1.807, 2.05) is 0 Å². The molecule has 0 amide bonds. The first-order valence-electron chi connectivity index (χ1n) is 8.45. The summed E-state index contributed by atoms with van der Waals surface area (Å²) in [7, 11) is -4.49. The summed E-state index contributed by atoms with van der Waals surface area (Å²) in [4.78, 5) is 19.6. The zero-order chi connectivity index (χ0) is 17.6. The van der Waals surface area contributed by atoms with E-state index in [4.69, 9.17) is 4.43 Å². The van der Waals surface area contributed by atoms with Gasteiger partial charge in [-0.15, -0.1) is 0 Å². The number of carbonyl (C=O) groups is 1. The van der Waals surface area contributed by atoms with Gasteiger partial charge in [0, 0.05) is 0 Å². The van der Waals surface area contributed by atoms with Crippen molar-refractivity contribution in [2.24, 2.45) is 0 Å². The highest BCUT2D eigenvalue weighted by atomic mass is 28.4. The van der Waals surface area contributed by atoms with Crippen LogP contribution in [-0.4, -0.2) is 43.3 Å². The number of carbonyl (C=O) groups excluding carboxylic acids is 1. The zero-order valence-corrected chi connectivity index (χ0v) is 19.2. The Labute approximate surface area is 141 Å². The summed E-state index contributed by atoms with van der Waals surface area (Å²) >= 11 is 0. The van der Waals surface area contributed by atoms with E-state index in [0.29, 0.717) is 0 Å². The fourth-order valence-corrected chi connectivity index (χ4v) is 5.06. The topological polar surface area (TPSA) is 50.4 Å². The van der Waals surface area contributed by atoms with Gasteiger partial charge in [0.15, 0.2) is 0 Å². The maximum atomic E-state index is 12.4. The molecule has 0 spiro atoms. The van der Waals surface area contributed by atoms with Crippen molar-refractivity contribution in [2.45, 2.75) is 84.2 Å². The Balaban J connectivity index is 4.40. The van der Waals surface area contributed by atoms with Gasteiger partial charge < -0.3 is 14.4 Å². The summed E-state index contributed by atoms with van der Waals surface area (Å²) in [5, 5.41) is 0. The van der Waals surface area contributed by atoms with E-state index in [1.54, 1.807) is 0 Å². The zero-order valence-electron chi connectivity index (χ0n) is 16.2. The van der Waals surface area contributed by atoms with Crippen LogP contribution in [0.5, 0.6) is 0 Å². The molecule has 132 valence electrons. The van der Waals surface area contributed by atoms with E-state index in [-0.39, 0.29) is 12.0 Å². The van der Waals surface area contributed by atoms with Gasteiger partial charge in [-0.1, -0.05) is 45.7 Å². The third-order valence-corrected chi connectivity index (χ3v) is 6.21. The van der Waals surface area contributed by atoms with E-state index >= 15 is 0 Å². The predicted octanol–water partition coefficient (Wildman–Crippen LogP) is 3.75. The molecule has 0 aromatic heterocycles. The molecule has 2 N–H and O–H groups in total. The number of unbranched alkanes of at least 4 members (excludes halogenated alkanes) is 1. The average molecular weight is 363 g/mol. The van der Waals surface area contributed by atoms with Gasteiger partial charge in [0.05, 0.1) is 6.04 Å². The van der Waals surface area contributed by atoms with Crippen molar-refractivity contribution in [3.63, 3.8) is 0 Å². The predicted molar refractivity (Wildman–Crippen MR) is 105 cm³/mol. The number of hydrogen-bond acceptors (Lipinski definition) is 4. The summed E-state index contributed by atoms with van der Waals surface area (Å²) in [6.07, 6.45) is 3.05. The number of hydrogen-bond donors (Lipinski definition) is 2. The number of rotatable bonds is 10. The van der Waals surface area contributed by atoms with Crippen LogP contribution in [0.1, 0.15) is 19.3 Å². The summed E-state index contributed by atoms with van der Waals surface area (Å²) in [5.41, 5.74) is 0. The van der Waals surface area contributed by atoms with Gasteiger partial charge in [-0.2, -0.15) is 0 Å². The quantitative estimate of drug-likeness (QED) is 0.459. The minimum atomic E-state index is -1.82. The summed E-state index contributed by atoms with van der Waals surface area (Å²) in [6.45, 7) is 20.9. The van der Waals surface area contributed by atoms with Crippen molar-refractivity contribution >= 4 is 30.8 Å². The Morgan fingerprint density at radius 3 is 1.86 bits per heavy atom. The van der Waals surface area contributed by atoms with Crippen LogP contribution < -0.4 is 9.96 Å². The van der Waals surface area contributed by atoms with E-state index in [2.05, 4.69) is 68.9 Å². The minimum absolute atomic E-state index is 0.0419. The Bertz CT molecular complexity index is 344. The van der Waals surface area contributed by atoms with Gasteiger partial charge in [-0.3, -0.25) is 4.79 Å². The molecule has 4 nitrogen and oxygen atoms in total. The molecular weight excluding hydrogens is 324 g/mol. The van der Waals surface area contributed by atoms with Gasteiger partial charge >= 0.3 is 5.97 Å². The minimum Gasteiger partial charge on any atom is -0.519 e. The summed E-state index contributed by atoms with van der Waals surface area (Å²) < 4.78 is 5.71. The molecule has 0 aromatic rings. The molecule has 0 fully saturated rings. The second-order valence-corrected chi connectivity index (χ2v) is 23.2. The molecule has 0 heterocycles. The van der Waals surface area contributed by atoms with Crippen LogP contribution in [0.4, 0.5) is 0 Å². The third kappa shape index (κ3) is 13.7. The van der Waals surface area contributed by atoms with Crippen molar-refractivity contribution in [1.82, 2.24) is 9.96 Å². The van der Waals surface area contributed by atoms with Crippen LogP contribution in [0.3, 0.4) is 0 Å². The molecule has 0 unspecified atom stereocenters. The molecule has 0 aliphatic carbocycles. The summed E-state index contributed by atoms with van der Waals surface area (Å²) in [6, 6.07) is -0.134. The van der Waals surface area contributed by atoms with Crippen molar-refractivity contribution in [3.05, 3.63) is 0 Å². The molecule has 0 aliphatic heterocycles. The van der Waals surface area contributed by atoms with E-state index < -0.39 is 24.8 Å². The second-order valence-electron chi connectivity index (χ2n) is 9.15. The molecule has 7 heteroatoms. The summed E-state index contributed by atoms with van der Waals surface area (Å²) in [5.74, 6) is -0.0419. The molecule has 0 radical (unpaired) electrons. The highest BCUT2D eigenvalue weighted by molar-refractivity contribution is 6.74. The van der Waals surface area contributed by atoms with E-state index in [9.17, 15) is 4.79 Å². The monoisotopic (exact) mass is 362 g/mol. The van der Waals surface area contributed by atoms with Crippen molar-refractivity contribution < 1.29 is 9.22 Å². The van der Waals surface area contributed by atoms with Crippen LogP contribution in [0.15, 0.2) is 0 Å². The molecule has 22 heavy (non-hydrogen) atoms. The Hall–Kier alpha value is 0.0406. The van der Waals surface area contributed by atoms with Crippen molar-refractivity contribution in [1.29, 1.82) is 0 Å². The SMILES string of the molecule is C[Si](C)(C)NCCCC[C@H](N[Si](C)(C)C)C(=O)O[Si](C)(C)C. The van der Waals surface area contributed by atoms with Gasteiger partial charge in [0.25, 0.3) is 0 Å². The van der Waals surface area contributed by atoms with Gasteiger partial charge in [0.1, 0.15) is 16.5 Å². The number of nitrogens with one attached hydrogen (secondary N) is 2.